The van der Waals surface area contributed by atoms with E-state index in [0.29, 0.717) is 12.1 Å². The van der Waals surface area contributed by atoms with E-state index >= 15 is 0 Å². The van der Waals surface area contributed by atoms with Crippen LogP contribution in [-0.4, -0.2) is 29.2 Å². The molecule has 4 heteroatoms. The molecule has 1 saturated heterocycles. The SMILES string of the molecule is CC(C)(C)OC(=O)N1CCC[C@H]1/C=C/c1ccccc1F. The third-order valence-electron chi connectivity index (χ3n) is 3.33. The number of likely N-dealkylation sites (tertiary alicyclic amines) is 1. The van der Waals surface area contributed by atoms with Gasteiger partial charge in [-0.2, -0.15) is 0 Å². The fraction of sp³-hybridized carbons (Fsp3) is 0.471. The number of hydrogen-bond donors (Lipinski definition) is 0. The van der Waals surface area contributed by atoms with Crippen LogP contribution in [0.1, 0.15) is 39.2 Å². The maximum absolute atomic E-state index is 13.6. The number of benzene rings is 1. The molecule has 1 fully saturated rings. The number of carbonyl (C=O) groups excluding carboxylic acids is 1. The van der Waals surface area contributed by atoms with Crippen LogP contribution in [0.2, 0.25) is 0 Å². The Morgan fingerprint density at radius 3 is 2.76 bits per heavy atom. The fourth-order valence-electron chi connectivity index (χ4n) is 2.36. The van der Waals surface area contributed by atoms with Crippen LogP contribution >= 0.6 is 0 Å². The Balaban J connectivity index is 2.06. The van der Waals surface area contributed by atoms with Gasteiger partial charge in [0.2, 0.25) is 0 Å². The van der Waals surface area contributed by atoms with E-state index in [0.717, 1.165) is 12.8 Å². The largest absolute Gasteiger partial charge is 0.444 e. The van der Waals surface area contributed by atoms with Crippen LogP contribution < -0.4 is 0 Å². The Hall–Kier alpha value is -1.84. The van der Waals surface area contributed by atoms with E-state index in [4.69, 9.17) is 4.74 Å². The summed E-state index contributed by atoms with van der Waals surface area (Å²) in [6.45, 7) is 6.24. The molecular formula is C17H22FNO2. The van der Waals surface area contributed by atoms with Crippen molar-refractivity contribution in [2.24, 2.45) is 0 Å². The van der Waals surface area contributed by atoms with Gasteiger partial charge < -0.3 is 9.64 Å². The van der Waals surface area contributed by atoms with Crippen LogP contribution in [0, 0.1) is 5.82 Å². The Kier molecular flexibility index (Phi) is 4.66. The van der Waals surface area contributed by atoms with Gasteiger partial charge in [0.25, 0.3) is 0 Å². The standard InChI is InChI=1S/C17H22FNO2/c1-17(2,3)21-16(20)19-12-6-8-14(19)11-10-13-7-4-5-9-15(13)18/h4-5,7,9-11,14H,6,8,12H2,1-3H3/b11-10+/t14-/m0/s1. The highest BCUT2D eigenvalue weighted by molar-refractivity contribution is 5.69. The predicted molar refractivity (Wildman–Crippen MR) is 81.4 cm³/mol. The molecule has 1 aromatic carbocycles. The molecular weight excluding hydrogens is 269 g/mol. The zero-order valence-corrected chi connectivity index (χ0v) is 12.8. The summed E-state index contributed by atoms with van der Waals surface area (Å²) in [4.78, 5) is 13.9. The Morgan fingerprint density at radius 1 is 1.38 bits per heavy atom. The molecule has 1 aromatic rings. The van der Waals surface area contributed by atoms with Crippen molar-refractivity contribution in [3.8, 4) is 0 Å². The molecule has 0 bridgehead atoms. The molecule has 0 N–H and O–H groups in total. The van der Waals surface area contributed by atoms with Crippen LogP contribution in [0.15, 0.2) is 30.3 Å². The van der Waals surface area contributed by atoms with E-state index in [9.17, 15) is 9.18 Å². The van der Waals surface area contributed by atoms with Crippen molar-refractivity contribution in [1.29, 1.82) is 0 Å². The van der Waals surface area contributed by atoms with Gasteiger partial charge in [-0.1, -0.05) is 30.4 Å². The van der Waals surface area contributed by atoms with Gasteiger partial charge in [-0.05, 0) is 39.7 Å². The molecule has 0 spiro atoms. The van der Waals surface area contributed by atoms with Crippen molar-refractivity contribution in [3.05, 3.63) is 41.7 Å². The first-order valence-corrected chi connectivity index (χ1v) is 7.29. The summed E-state index contributed by atoms with van der Waals surface area (Å²) in [5, 5.41) is 0. The summed E-state index contributed by atoms with van der Waals surface area (Å²) in [7, 11) is 0. The van der Waals surface area contributed by atoms with Crippen molar-refractivity contribution in [2.75, 3.05) is 6.54 Å². The first kappa shape index (κ1) is 15.5. The molecule has 21 heavy (non-hydrogen) atoms. The van der Waals surface area contributed by atoms with Gasteiger partial charge in [0, 0.05) is 12.1 Å². The van der Waals surface area contributed by atoms with Gasteiger partial charge in [0.15, 0.2) is 0 Å². The zero-order chi connectivity index (χ0) is 15.5. The number of halogens is 1. The van der Waals surface area contributed by atoms with Gasteiger partial charge in [0.1, 0.15) is 11.4 Å². The fourth-order valence-corrected chi connectivity index (χ4v) is 2.36. The second kappa shape index (κ2) is 6.29. The van der Waals surface area contributed by atoms with E-state index < -0.39 is 5.60 Å². The van der Waals surface area contributed by atoms with Crippen molar-refractivity contribution in [2.45, 2.75) is 45.3 Å². The topological polar surface area (TPSA) is 29.5 Å². The van der Waals surface area contributed by atoms with Gasteiger partial charge >= 0.3 is 6.09 Å². The summed E-state index contributed by atoms with van der Waals surface area (Å²) >= 11 is 0. The first-order valence-electron chi connectivity index (χ1n) is 7.29. The Labute approximate surface area is 125 Å². The predicted octanol–water partition coefficient (Wildman–Crippen LogP) is 4.24. The molecule has 3 nitrogen and oxygen atoms in total. The maximum atomic E-state index is 13.6. The minimum absolute atomic E-state index is 0.0283. The summed E-state index contributed by atoms with van der Waals surface area (Å²) in [6, 6.07) is 6.58. The molecule has 114 valence electrons. The quantitative estimate of drug-likeness (QED) is 0.815. The number of hydrogen-bond acceptors (Lipinski definition) is 2. The van der Waals surface area contributed by atoms with Gasteiger partial charge in [-0.25, -0.2) is 9.18 Å². The molecule has 1 atom stereocenters. The van der Waals surface area contributed by atoms with Crippen molar-refractivity contribution >= 4 is 12.2 Å². The van der Waals surface area contributed by atoms with E-state index in [2.05, 4.69) is 0 Å². The molecule has 0 unspecified atom stereocenters. The lowest BCUT2D eigenvalue weighted by Crippen LogP contribution is -2.39. The molecule has 2 rings (SSSR count). The van der Waals surface area contributed by atoms with Crippen molar-refractivity contribution in [1.82, 2.24) is 4.90 Å². The highest BCUT2D eigenvalue weighted by Gasteiger charge is 2.30. The number of ether oxygens (including phenoxy) is 1. The zero-order valence-electron chi connectivity index (χ0n) is 12.8. The molecule has 1 aliphatic rings. The monoisotopic (exact) mass is 291 g/mol. The number of nitrogens with zero attached hydrogens (tertiary/aromatic N) is 1. The number of rotatable bonds is 2. The highest BCUT2D eigenvalue weighted by Crippen LogP contribution is 2.22. The van der Waals surface area contributed by atoms with Gasteiger partial charge in [-0.15, -0.1) is 0 Å². The van der Waals surface area contributed by atoms with Crippen molar-refractivity contribution < 1.29 is 13.9 Å². The maximum Gasteiger partial charge on any atom is 0.410 e. The van der Waals surface area contributed by atoms with Gasteiger partial charge in [0.05, 0.1) is 6.04 Å². The molecule has 0 radical (unpaired) electrons. The van der Waals surface area contributed by atoms with E-state index in [1.54, 1.807) is 29.2 Å². The molecule has 1 aliphatic heterocycles. The lowest BCUT2D eigenvalue weighted by molar-refractivity contribution is 0.0256. The lowest BCUT2D eigenvalue weighted by Gasteiger charge is -2.27. The first-order chi connectivity index (χ1) is 9.87. The summed E-state index contributed by atoms with van der Waals surface area (Å²) in [6.07, 6.45) is 5.14. The lowest BCUT2D eigenvalue weighted by atomic mass is 10.1. The molecule has 1 amide bonds. The summed E-state index contributed by atoms with van der Waals surface area (Å²) < 4.78 is 19.0. The molecule has 1 heterocycles. The molecule has 0 aromatic heterocycles. The third kappa shape index (κ3) is 4.31. The second-order valence-electron chi connectivity index (χ2n) is 6.26. The normalized spacial score (nSPS) is 19.2. The average molecular weight is 291 g/mol. The van der Waals surface area contributed by atoms with Crippen LogP contribution in [0.3, 0.4) is 0 Å². The van der Waals surface area contributed by atoms with E-state index in [1.165, 1.54) is 6.07 Å². The Bertz CT molecular complexity index is 534. The van der Waals surface area contributed by atoms with E-state index in [1.807, 2.05) is 26.8 Å². The average Bonchev–Trinajstić information content (AvgIpc) is 2.84. The minimum atomic E-state index is -0.501. The highest BCUT2D eigenvalue weighted by atomic mass is 19.1. The van der Waals surface area contributed by atoms with Crippen LogP contribution in [0.4, 0.5) is 9.18 Å². The smallest absolute Gasteiger partial charge is 0.410 e. The van der Waals surface area contributed by atoms with Crippen LogP contribution in [0.25, 0.3) is 6.08 Å². The van der Waals surface area contributed by atoms with E-state index in [-0.39, 0.29) is 18.0 Å². The molecule has 0 saturated carbocycles. The van der Waals surface area contributed by atoms with Crippen LogP contribution in [-0.2, 0) is 4.74 Å². The summed E-state index contributed by atoms with van der Waals surface area (Å²) in [5.41, 5.74) is 0.0352. The summed E-state index contributed by atoms with van der Waals surface area (Å²) in [5.74, 6) is -0.254. The third-order valence-corrected chi connectivity index (χ3v) is 3.33. The minimum Gasteiger partial charge on any atom is -0.444 e. The number of carbonyl (C=O) groups is 1. The number of amides is 1. The van der Waals surface area contributed by atoms with Crippen molar-refractivity contribution in [3.63, 3.8) is 0 Å². The van der Waals surface area contributed by atoms with Gasteiger partial charge in [-0.3, -0.25) is 0 Å². The second-order valence-corrected chi connectivity index (χ2v) is 6.26. The Morgan fingerprint density at radius 2 is 2.10 bits per heavy atom. The molecule has 0 aliphatic carbocycles. The van der Waals surface area contributed by atoms with Crippen LogP contribution in [0.5, 0.6) is 0 Å².